The van der Waals surface area contributed by atoms with Crippen LogP contribution in [0.4, 0.5) is 0 Å². The Morgan fingerprint density at radius 2 is 2.00 bits per heavy atom. The zero-order valence-corrected chi connectivity index (χ0v) is 5.88. The molecule has 0 atom stereocenters. The summed E-state index contributed by atoms with van der Waals surface area (Å²) < 4.78 is 4.39. The van der Waals surface area contributed by atoms with Crippen molar-refractivity contribution in [1.29, 1.82) is 5.26 Å². The molecule has 0 radical (unpaired) electrons. The molecule has 0 aliphatic rings. The third-order valence-corrected chi connectivity index (χ3v) is 0.970. The van der Waals surface area contributed by atoms with Crippen molar-refractivity contribution in [2.75, 3.05) is 0 Å². The van der Waals surface area contributed by atoms with E-state index in [1.807, 2.05) is 0 Å². The SMILES string of the molecule is N#Cc1ncc(OB(O)O)cn1. The Morgan fingerprint density at radius 1 is 1.42 bits per heavy atom. The van der Waals surface area contributed by atoms with Crippen molar-refractivity contribution in [3.8, 4) is 11.8 Å². The number of hydrogen-bond donors (Lipinski definition) is 2. The molecule has 0 saturated carbocycles. The van der Waals surface area contributed by atoms with Crippen molar-refractivity contribution in [1.82, 2.24) is 9.97 Å². The maximum Gasteiger partial charge on any atom is 0.707 e. The molecule has 0 aromatic carbocycles. The van der Waals surface area contributed by atoms with E-state index in [1.165, 1.54) is 12.4 Å². The predicted molar refractivity (Wildman–Crippen MR) is 37.6 cm³/mol. The van der Waals surface area contributed by atoms with Crippen LogP contribution in [0, 0.1) is 11.3 Å². The van der Waals surface area contributed by atoms with Gasteiger partial charge in [-0.2, -0.15) is 5.26 Å². The first-order valence-electron chi connectivity index (χ1n) is 2.97. The summed E-state index contributed by atoms with van der Waals surface area (Å²) in [5, 5.41) is 25.0. The summed E-state index contributed by atoms with van der Waals surface area (Å²) in [6, 6.07) is 1.70. The van der Waals surface area contributed by atoms with Crippen molar-refractivity contribution >= 4 is 7.32 Å². The Labute approximate surface area is 68.3 Å². The Kier molecular flexibility index (Phi) is 2.58. The first kappa shape index (κ1) is 8.45. The number of nitrogens with zero attached hydrogens (tertiary/aromatic N) is 3. The highest BCUT2D eigenvalue weighted by molar-refractivity contribution is 6.33. The molecule has 1 aromatic heterocycles. The zero-order valence-electron chi connectivity index (χ0n) is 5.88. The highest BCUT2D eigenvalue weighted by Gasteiger charge is 2.11. The van der Waals surface area contributed by atoms with Gasteiger partial charge in [-0.15, -0.1) is 0 Å². The zero-order chi connectivity index (χ0) is 8.97. The van der Waals surface area contributed by atoms with Crippen LogP contribution < -0.4 is 4.65 Å². The number of hydrogen-bond acceptors (Lipinski definition) is 6. The van der Waals surface area contributed by atoms with Crippen LogP contribution in [0.15, 0.2) is 12.4 Å². The summed E-state index contributed by atoms with van der Waals surface area (Å²) in [5.41, 5.74) is 0. The van der Waals surface area contributed by atoms with Crippen molar-refractivity contribution in [2.24, 2.45) is 0 Å². The molecule has 1 aromatic rings. The van der Waals surface area contributed by atoms with Gasteiger partial charge in [-0.25, -0.2) is 9.97 Å². The van der Waals surface area contributed by atoms with Gasteiger partial charge < -0.3 is 14.7 Å². The molecular formula is C5H4BN3O3. The fraction of sp³-hybridized carbons (Fsp3) is 0. The average molecular weight is 165 g/mol. The van der Waals surface area contributed by atoms with Crippen molar-refractivity contribution < 1.29 is 14.7 Å². The van der Waals surface area contributed by atoms with Gasteiger partial charge in [0.15, 0.2) is 0 Å². The second-order valence-corrected chi connectivity index (χ2v) is 1.80. The summed E-state index contributed by atoms with van der Waals surface area (Å²) in [7, 11) is -1.90. The molecule has 6 nitrogen and oxygen atoms in total. The first-order valence-corrected chi connectivity index (χ1v) is 2.97. The second kappa shape index (κ2) is 3.66. The van der Waals surface area contributed by atoms with Crippen LogP contribution in [0.3, 0.4) is 0 Å². The third kappa shape index (κ3) is 2.19. The molecular weight excluding hydrogens is 161 g/mol. The molecule has 12 heavy (non-hydrogen) atoms. The van der Waals surface area contributed by atoms with Gasteiger partial charge in [0, 0.05) is 0 Å². The minimum Gasteiger partial charge on any atom is -0.509 e. The van der Waals surface area contributed by atoms with Crippen LogP contribution in [-0.4, -0.2) is 27.3 Å². The lowest BCUT2D eigenvalue weighted by Gasteiger charge is -2.01. The molecule has 0 spiro atoms. The molecule has 60 valence electrons. The molecule has 7 heteroatoms. The minimum absolute atomic E-state index is 0.00483. The molecule has 0 saturated heterocycles. The normalized spacial score (nSPS) is 8.75. The smallest absolute Gasteiger partial charge is 0.509 e. The highest BCUT2D eigenvalue weighted by atomic mass is 16.6. The van der Waals surface area contributed by atoms with Gasteiger partial charge in [0.25, 0.3) is 0 Å². The van der Waals surface area contributed by atoms with Gasteiger partial charge >= 0.3 is 7.32 Å². The molecule has 0 amide bonds. The molecule has 0 aliphatic heterocycles. The lowest BCUT2D eigenvalue weighted by molar-refractivity contribution is 0.287. The molecule has 0 fully saturated rings. The Morgan fingerprint density at radius 3 is 2.42 bits per heavy atom. The lowest BCUT2D eigenvalue weighted by Crippen LogP contribution is -2.20. The Hall–Kier alpha value is -1.65. The third-order valence-electron chi connectivity index (χ3n) is 0.970. The van der Waals surface area contributed by atoms with Crippen molar-refractivity contribution in [3.63, 3.8) is 0 Å². The lowest BCUT2D eigenvalue weighted by atomic mass is 10.2. The van der Waals surface area contributed by atoms with Crippen LogP contribution >= 0.6 is 0 Å². The van der Waals surface area contributed by atoms with Crippen molar-refractivity contribution in [2.45, 2.75) is 0 Å². The van der Waals surface area contributed by atoms with E-state index < -0.39 is 7.32 Å². The topological polar surface area (TPSA) is 99.3 Å². The second-order valence-electron chi connectivity index (χ2n) is 1.80. The fourth-order valence-corrected chi connectivity index (χ4v) is 0.557. The van der Waals surface area contributed by atoms with Crippen molar-refractivity contribution in [3.05, 3.63) is 18.2 Å². The average Bonchev–Trinajstić information content (AvgIpc) is 2.05. The van der Waals surface area contributed by atoms with Crippen LogP contribution in [0.1, 0.15) is 5.82 Å². The first-order chi connectivity index (χ1) is 5.72. The summed E-state index contributed by atoms with van der Waals surface area (Å²) in [6.45, 7) is 0. The number of aromatic nitrogens is 2. The minimum atomic E-state index is -1.90. The van der Waals surface area contributed by atoms with E-state index in [1.54, 1.807) is 6.07 Å². The van der Waals surface area contributed by atoms with Gasteiger partial charge in [0.2, 0.25) is 5.82 Å². The molecule has 1 rings (SSSR count). The van der Waals surface area contributed by atoms with Crippen LogP contribution in [0.5, 0.6) is 5.75 Å². The molecule has 2 N–H and O–H groups in total. The van der Waals surface area contributed by atoms with E-state index in [9.17, 15) is 0 Å². The van der Waals surface area contributed by atoms with Crippen LogP contribution in [0.25, 0.3) is 0 Å². The molecule has 0 aliphatic carbocycles. The monoisotopic (exact) mass is 165 g/mol. The summed E-state index contributed by atoms with van der Waals surface area (Å²) in [4.78, 5) is 7.06. The van der Waals surface area contributed by atoms with Crippen LogP contribution in [0.2, 0.25) is 0 Å². The summed E-state index contributed by atoms with van der Waals surface area (Å²) in [5.74, 6) is 0.0822. The number of nitriles is 1. The van der Waals surface area contributed by atoms with Gasteiger partial charge in [-0.3, -0.25) is 0 Å². The maximum atomic E-state index is 8.35. The van der Waals surface area contributed by atoms with Gasteiger partial charge in [0.05, 0.1) is 12.4 Å². The standard InChI is InChI=1S/C5H4BN3O3/c7-1-5-8-2-4(3-9-5)12-6(10)11/h2-3,10-11H. The van der Waals surface area contributed by atoms with Gasteiger partial charge in [-0.1, -0.05) is 0 Å². The van der Waals surface area contributed by atoms with Crippen LogP contribution in [-0.2, 0) is 0 Å². The molecule has 0 unspecified atom stereocenters. The molecule has 1 heterocycles. The molecule has 0 bridgehead atoms. The van der Waals surface area contributed by atoms with Gasteiger partial charge in [0.1, 0.15) is 11.8 Å². The number of rotatable bonds is 2. The summed E-state index contributed by atoms with van der Waals surface area (Å²) >= 11 is 0. The van der Waals surface area contributed by atoms with E-state index in [4.69, 9.17) is 15.3 Å². The van der Waals surface area contributed by atoms with E-state index in [2.05, 4.69) is 14.6 Å². The van der Waals surface area contributed by atoms with Gasteiger partial charge in [-0.05, 0) is 0 Å². The van der Waals surface area contributed by atoms with E-state index in [0.717, 1.165) is 0 Å². The Balaban J connectivity index is 2.73. The summed E-state index contributed by atoms with van der Waals surface area (Å²) in [6.07, 6.45) is 2.34. The van der Waals surface area contributed by atoms with E-state index in [-0.39, 0.29) is 11.6 Å². The maximum absolute atomic E-state index is 8.35. The fourth-order valence-electron chi connectivity index (χ4n) is 0.557. The Bertz CT molecular complexity index is 294. The highest BCUT2D eigenvalue weighted by Crippen LogP contribution is 2.05. The van der Waals surface area contributed by atoms with E-state index >= 15 is 0 Å². The predicted octanol–water partition coefficient (Wildman–Crippen LogP) is -1.30. The van der Waals surface area contributed by atoms with E-state index in [0.29, 0.717) is 0 Å². The largest absolute Gasteiger partial charge is 0.707 e. The quantitative estimate of drug-likeness (QED) is 0.528.